The van der Waals surface area contributed by atoms with E-state index in [1.54, 1.807) is 6.92 Å². The number of carboxylic acids is 1. The summed E-state index contributed by atoms with van der Waals surface area (Å²) >= 11 is 0. The van der Waals surface area contributed by atoms with Crippen LogP contribution < -0.4 is 4.90 Å². The summed E-state index contributed by atoms with van der Waals surface area (Å²) in [5, 5.41) is 8.91. The molecule has 0 spiro atoms. The normalized spacial score (nSPS) is 20.2. The predicted octanol–water partition coefficient (Wildman–Crippen LogP) is 2.33. The standard InChI is InChI=1S/C14H19NO2/c1-9(14(16)17)6-11-4-5-13-12(8-11)7-10(2)15(13)3/h4-5,8-10H,6-7H2,1-3H3,(H,16,17). The van der Waals surface area contributed by atoms with Crippen molar-refractivity contribution in [2.45, 2.75) is 32.7 Å². The van der Waals surface area contributed by atoms with Crippen molar-refractivity contribution >= 4 is 11.7 Å². The van der Waals surface area contributed by atoms with Gasteiger partial charge < -0.3 is 10.0 Å². The maximum Gasteiger partial charge on any atom is 0.306 e. The summed E-state index contributed by atoms with van der Waals surface area (Å²) in [5.74, 6) is -1.04. The number of aliphatic carboxylic acids is 1. The van der Waals surface area contributed by atoms with Crippen LogP contribution in [0.5, 0.6) is 0 Å². The van der Waals surface area contributed by atoms with Gasteiger partial charge in [-0.05, 0) is 37.0 Å². The Labute approximate surface area is 102 Å². The quantitative estimate of drug-likeness (QED) is 0.871. The van der Waals surface area contributed by atoms with Crippen molar-refractivity contribution in [1.82, 2.24) is 0 Å². The fraction of sp³-hybridized carbons (Fsp3) is 0.500. The van der Waals surface area contributed by atoms with Gasteiger partial charge in [0.15, 0.2) is 0 Å². The molecule has 2 rings (SSSR count). The van der Waals surface area contributed by atoms with Gasteiger partial charge in [-0.2, -0.15) is 0 Å². The van der Waals surface area contributed by atoms with Gasteiger partial charge in [0, 0.05) is 18.8 Å². The van der Waals surface area contributed by atoms with Crippen LogP contribution in [0.2, 0.25) is 0 Å². The van der Waals surface area contributed by atoms with E-state index in [-0.39, 0.29) is 5.92 Å². The van der Waals surface area contributed by atoms with E-state index in [4.69, 9.17) is 5.11 Å². The van der Waals surface area contributed by atoms with Gasteiger partial charge in [-0.15, -0.1) is 0 Å². The lowest BCUT2D eigenvalue weighted by atomic mass is 9.98. The van der Waals surface area contributed by atoms with E-state index in [2.05, 4.69) is 31.0 Å². The van der Waals surface area contributed by atoms with Gasteiger partial charge in [-0.3, -0.25) is 4.79 Å². The summed E-state index contributed by atoms with van der Waals surface area (Å²) in [7, 11) is 2.11. The number of fused-ring (bicyclic) bond motifs is 1. The molecule has 92 valence electrons. The number of hydrogen-bond acceptors (Lipinski definition) is 2. The minimum Gasteiger partial charge on any atom is -0.481 e. The van der Waals surface area contributed by atoms with Crippen molar-refractivity contribution in [2.24, 2.45) is 5.92 Å². The smallest absolute Gasteiger partial charge is 0.306 e. The van der Waals surface area contributed by atoms with Crippen molar-refractivity contribution in [3.05, 3.63) is 29.3 Å². The molecule has 1 heterocycles. The van der Waals surface area contributed by atoms with Crippen LogP contribution in [-0.2, 0) is 17.6 Å². The predicted molar refractivity (Wildman–Crippen MR) is 68.5 cm³/mol. The van der Waals surface area contributed by atoms with E-state index in [0.29, 0.717) is 12.5 Å². The van der Waals surface area contributed by atoms with Gasteiger partial charge in [-0.1, -0.05) is 19.1 Å². The first-order valence-electron chi connectivity index (χ1n) is 6.06. The molecule has 1 aliphatic heterocycles. The van der Waals surface area contributed by atoms with Crippen molar-refractivity contribution in [2.75, 3.05) is 11.9 Å². The monoisotopic (exact) mass is 233 g/mol. The zero-order valence-corrected chi connectivity index (χ0v) is 10.6. The second kappa shape index (κ2) is 4.40. The molecule has 3 heteroatoms. The van der Waals surface area contributed by atoms with E-state index in [9.17, 15) is 4.79 Å². The lowest BCUT2D eigenvalue weighted by molar-refractivity contribution is -0.141. The highest BCUT2D eigenvalue weighted by Gasteiger charge is 2.23. The van der Waals surface area contributed by atoms with Gasteiger partial charge in [0.1, 0.15) is 0 Å². The molecule has 2 atom stereocenters. The highest BCUT2D eigenvalue weighted by atomic mass is 16.4. The van der Waals surface area contributed by atoms with Crippen LogP contribution in [0.15, 0.2) is 18.2 Å². The molecular weight excluding hydrogens is 214 g/mol. The van der Waals surface area contributed by atoms with Crippen molar-refractivity contribution < 1.29 is 9.90 Å². The van der Waals surface area contributed by atoms with E-state index in [0.717, 1.165) is 12.0 Å². The zero-order chi connectivity index (χ0) is 12.6. The minimum absolute atomic E-state index is 0.315. The summed E-state index contributed by atoms with van der Waals surface area (Å²) in [6, 6.07) is 6.86. The lowest BCUT2D eigenvalue weighted by Gasteiger charge is -2.18. The Kier molecular flexibility index (Phi) is 3.09. The third-order valence-electron chi connectivity index (χ3n) is 3.66. The summed E-state index contributed by atoms with van der Waals surface area (Å²) in [4.78, 5) is 13.1. The fourth-order valence-electron chi connectivity index (χ4n) is 2.41. The average Bonchev–Trinajstić information content (AvgIpc) is 2.54. The highest BCUT2D eigenvalue weighted by molar-refractivity contribution is 5.70. The number of carbonyl (C=O) groups is 1. The number of nitrogens with zero attached hydrogens (tertiary/aromatic N) is 1. The van der Waals surface area contributed by atoms with Crippen molar-refractivity contribution in [1.29, 1.82) is 0 Å². The molecule has 0 saturated heterocycles. The van der Waals surface area contributed by atoms with E-state index in [1.807, 2.05) is 6.07 Å². The zero-order valence-electron chi connectivity index (χ0n) is 10.6. The first kappa shape index (κ1) is 12.0. The summed E-state index contributed by atoms with van der Waals surface area (Å²) in [6.07, 6.45) is 1.67. The third kappa shape index (κ3) is 2.28. The first-order chi connectivity index (χ1) is 7.99. The Morgan fingerprint density at radius 3 is 2.94 bits per heavy atom. The number of anilines is 1. The largest absolute Gasteiger partial charge is 0.481 e. The number of rotatable bonds is 3. The molecule has 0 fully saturated rings. The van der Waals surface area contributed by atoms with Crippen LogP contribution in [-0.4, -0.2) is 24.2 Å². The van der Waals surface area contributed by atoms with Gasteiger partial charge in [0.2, 0.25) is 0 Å². The van der Waals surface area contributed by atoms with Crippen LogP contribution in [0, 0.1) is 5.92 Å². The molecule has 0 aliphatic carbocycles. The average molecular weight is 233 g/mol. The van der Waals surface area contributed by atoms with Crippen molar-refractivity contribution in [3.63, 3.8) is 0 Å². The van der Waals surface area contributed by atoms with Crippen molar-refractivity contribution in [3.8, 4) is 0 Å². The number of hydrogen-bond donors (Lipinski definition) is 1. The van der Waals surface area contributed by atoms with Crippen LogP contribution in [0.4, 0.5) is 5.69 Å². The van der Waals surface area contributed by atoms with E-state index >= 15 is 0 Å². The maximum absolute atomic E-state index is 10.8. The van der Waals surface area contributed by atoms with Crippen LogP contribution in [0.3, 0.4) is 0 Å². The van der Waals surface area contributed by atoms with Crippen LogP contribution >= 0.6 is 0 Å². The summed E-state index contributed by atoms with van der Waals surface area (Å²) in [5.41, 5.74) is 3.75. The van der Waals surface area contributed by atoms with E-state index in [1.165, 1.54) is 11.3 Å². The molecular formula is C14H19NO2. The van der Waals surface area contributed by atoms with E-state index < -0.39 is 5.97 Å². The lowest BCUT2D eigenvalue weighted by Crippen LogP contribution is -2.23. The Hall–Kier alpha value is -1.51. The first-order valence-corrected chi connectivity index (χ1v) is 6.06. The molecule has 0 saturated carbocycles. The number of likely N-dealkylation sites (N-methyl/N-ethyl adjacent to an activating group) is 1. The topological polar surface area (TPSA) is 40.5 Å². The summed E-state index contributed by atoms with van der Waals surface area (Å²) in [6.45, 7) is 3.96. The van der Waals surface area contributed by atoms with Gasteiger partial charge in [0.25, 0.3) is 0 Å². The Balaban J connectivity index is 2.19. The van der Waals surface area contributed by atoms with Gasteiger partial charge in [0.05, 0.1) is 5.92 Å². The highest BCUT2D eigenvalue weighted by Crippen LogP contribution is 2.31. The molecule has 3 nitrogen and oxygen atoms in total. The fourth-order valence-corrected chi connectivity index (χ4v) is 2.41. The Morgan fingerprint density at radius 2 is 2.29 bits per heavy atom. The molecule has 1 N–H and O–H groups in total. The van der Waals surface area contributed by atoms with Crippen LogP contribution in [0.1, 0.15) is 25.0 Å². The van der Waals surface area contributed by atoms with Crippen LogP contribution in [0.25, 0.3) is 0 Å². The van der Waals surface area contributed by atoms with Gasteiger partial charge in [-0.25, -0.2) is 0 Å². The minimum atomic E-state index is -0.726. The molecule has 2 unspecified atom stereocenters. The second-order valence-electron chi connectivity index (χ2n) is 5.07. The molecule has 1 aromatic rings. The molecule has 0 amide bonds. The molecule has 17 heavy (non-hydrogen) atoms. The maximum atomic E-state index is 10.8. The number of carboxylic acid groups (broad SMARTS) is 1. The third-order valence-corrected chi connectivity index (χ3v) is 3.66. The molecule has 0 aromatic heterocycles. The summed E-state index contributed by atoms with van der Waals surface area (Å²) < 4.78 is 0. The Bertz CT molecular complexity index is 442. The molecule has 0 bridgehead atoms. The molecule has 0 radical (unpaired) electrons. The second-order valence-corrected chi connectivity index (χ2v) is 5.07. The molecule has 1 aliphatic rings. The SMILES string of the molecule is CC(Cc1ccc2c(c1)CC(C)N2C)C(=O)O. The van der Waals surface area contributed by atoms with Gasteiger partial charge >= 0.3 is 5.97 Å². The number of benzene rings is 1. The molecule has 1 aromatic carbocycles. The Morgan fingerprint density at radius 1 is 1.59 bits per heavy atom.